The Morgan fingerprint density at radius 2 is 1.63 bits per heavy atom. The van der Waals surface area contributed by atoms with Gasteiger partial charge in [0.05, 0.1) is 23.0 Å². The first-order valence-electron chi connectivity index (χ1n) is 9.38. The van der Waals surface area contributed by atoms with E-state index in [4.69, 9.17) is 16.0 Å². The lowest BCUT2D eigenvalue weighted by Crippen LogP contribution is -2.34. The first-order chi connectivity index (χ1) is 14.6. The zero-order valence-corrected chi connectivity index (χ0v) is 16.6. The van der Waals surface area contributed by atoms with Crippen LogP contribution in [-0.2, 0) is 0 Å². The SMILES string of the molecule is O=C(NCCNC(=O)c1cc(-c2ccccc2Cl)nc2ccccc12)c1ccco1. The largest absolute Gasteiger partial charge is 0.459 e. The number of nitrogens with one attached hydrogen (secondary N) is 2. The molecule has 0 spiro atoms. The monoisotopic (exact) mass is 419 g/mol. The first kappa shape index (κ1) is 19.7. The maximum absolute atomic E-state index is 12.9. The zero-order valence-electron chi connectivity index (χ0n) is 15.9. The van der Waals surface area contributed by atoms with E-state index in [1.807, 2.05) is 42.5 Å². The predicted molar refractivity (Wildman–Crippen MR) is 116 cm³/mol. The van der Waals surface area contributed by atoms with Gasteiger partial charge in [0.15, 0.2) is 5.76 Å². The van der Waals surface area contributed by atoms with Crippen LogP contribution in [0.2, 0.25) is 5.02 Å². The van der Waals surface area contributed by atoms with E-state index < -0.39 is 0 Å². The summed E-state index contributed by atoms with van der Waals surface area (Å²) < 4.78 is 5.04. The number of amides is 2. The third-order valence-corrected chi connectivity index (χ3v) is 4.88. The quantitative estimate of drug-likeness (QED) is 0.456. The molecule has 0 saturated heterocycles. The van der Waals surface area contributed by atoms with Gasteiger partial charge in [-0.15, -0.1) is 0 Å². The van der Waals surface area contributed by atoms with Gasteiger partial charge < -0.3 is 15.1 Å². The molecule has 2 N–H and O–H groups in total. The van der Waals surface area contributed by atoms with Crippen LogP contribution < -0.4 is 10.6 Å². The smallest absolute Gasteiger partial charge is 0.287 e. The van der Waals surface area contributed by atoms with Crippen LogP contribution in [0.25, 0.3) is 22.2 Å². The molecule has 0 aliphatic heterocycles. The fourth-order valence-electron chi connectivity index (χ4n) is 3.11. The first-order valence-corrected chi connectivity index (χ1v) is 9.76. The molecule has 0 atom stereocenters. The normalized spacial score (nSPS) is 10.7. The fourth-order valence-corrected chi connectivity index (χ4v) is 3.34. The van der Waals surface area contributed by atoms with Crippen LogP contribution in [0.4, 0.5) is 0 Å². The maximum Gasteiger partial charge on any atom is 0.287 e. The second-order valence-corrected chi connectivity index (χ2v) is 6.95. The topological polar surface area (TPSA) is 84.2 Å². The van der Waals surface area contributed by atoms with E-state index in [-0.39, 0.29) is 30.7 Å². The molecule has 2 heterocycles. The number of rotatable bonds is 6. The second-order valence-electron chi connectivity index (χ2n) is 6.54. The molecule has 2 aromatic heterocycles. The summed E-state index contributed by atoms with van der Waals surface area (Å²) >= 11 is 6.33. The molecule has 7 heteroatoms. The van der Waals surface area contributed by atoms with Crippen molar-refractivity contribution < 1.29 is 14.0 Å². The fraction of sp³-hybridized carbons (Fsp3) is 0.0870. The van der Waals surface area contributed by atoms with Gasteiger partial charge >= 0.3 is 0 Å². The van der Waals surface area contributed by atoms with Crippen molar-refractivity contribution in [2.24, 2.45) is 0 Å². The maximum atomic E-state index is 12.9. The predicted octanol–water partition coefficient (Wildman–Crippen LogP) is 4.31. The van der Waals surface area contributed by atoms with E-state index in [2.05, 4.69) is 15.6 Å². The van der Waals surface area contributed by atoms with Gasteiger partial charge in [-0.2, -0.15) is 0 Å². The molecule has 0 fully saturated rings. The number of para-hydroxylation sites is 1. The number of aromatic nitrogens is 1. The average Bonchev–Trinajstić information content (AvgIpc) is 3.31. The highest BCUT2D eigenvalue weighted by Crippen LogP contribution is 2.29. The Morgan fingerprint density at radius 3 is 2.40 bits per heavy atom. The van der Waals surface area contributed by atoms with Crippen LogP contribution in [0.1, 0.15) is 20.9 Å². The second kappa shape index (κ2) is 8.80. The Bertz CT molecular complexity index is 1210. The molecule has 0 radical (unpaired) electrons. The van der Waals surface area contributed by atoms with E-state index in [9.17, 15) is 9.59 Å². The Labute approximate surface area is 177 Å². The minimum absolute atomic E-state index is 0.228. The highest BCUT2D eigenvalue weighted by atomic mass is 35.5. The molecule has 0 saturated carbocycles. The lowest BCUT2D eigenvalue weighted by atomic mass is 10.0. The van der Waals surface area contributed by atoms with Gasteiger partial charge in [0.2, 0.25) is 0 Å². The Hall–Kier alpha value is -3.64. The van der Waals surface area contributed by atoms with Crippen LogP contribution in [0.15, 0.2) is 77.4 Å². The van der Waals surface area contributed by atoms with Crippen LogP contribution in [0.5, 0.6) is 0 Å². The molecule has 0 aliphatic rings. The number of nitrogens with zero attached hydrogens (tertiary/aromatic N) is 1. The van der Waals surface area contributed by atoms with Crippen molar-refractivity contribution in [3.05, 3.63) is 89.3 Å². The third kappa shape index (κ3) is 4.18. The Balaban J connectivity index is 1.53. The number of pyridine rings is 1. The summed E-state index contributed by atoms with van der Waals surface area (Å²) in [6.07, 6.45) is 1.43. The van der Waals surface area contributed by atoms with E-state index in [0.717, 1.165) is 10.9 Å². The molecule has 0 bridgehead atoms. The van der Waals surface area contributed by atoms with Crippen molar-refractivity contribution in [1.82, 2.24) is 15.6 Å². The molecule has 4 rings (SSSR count). The lowest BCUT2D eigenvalue weighted by Gasteiger charge is -2.11. The summed E-state index contributed by atoms with van der Waals surface area (Å²) in [5.41, 5.74) is 2.57. The van der Waals surface area contributed by atoms with Gasteiger partial charge in [0.1, 0.15) is 0 Å². The Kier molecular flexibility index (Phi) is 5.77. The standard InChI is InChI=1S/C23H18ClN3O3/c24-18-8-3-1-7-16(18)20-14-17(15-6-2-4-9-19(15)27-20)22(28)25-11-12-26-23(29)21-10-5-13-30-21/h1-10,13-14H,11-12H2,(H,25,28)(H,26,29). The van der Waals surface area contributed by atoms with Crippen molar-refractivity contribution in [2.75, 3.05) is 13.1 Å². The number of benzene rings is 2. The van der Waals surface area contributed by atoms with E-state index >= 15 is 0 Å². The van der Waals surface area contributed by atoms with Crippen molar-refractivity contribution in [3.8, 4) is 11.3 Å². The van der Waals surface area contributed by atoms with Crippen LogP contribution >= 0.6 is 11.6 Å². The number of hydrogen-bond donors (Lipinski definition) is 2. The summed E-state index contributed by atoms with van der Waals surface area (Å²) in [7, 11) is 0. The zero-order chi connectivity index (χ0) is 20.9. The van der Waals surface area contributed by atoms with Crippen LogP contribution in [0.3, 0.4) is 0 Å². The number of halogens is 1. The summed E-state index contributed by atoms with van der Waals surface area (Å²) in [6.45, 7) is 0.537. The van der Waals surface area contributed by atoms with Crippen molar-refractivity contribution in [1.29, 1.82) is 0 Å². The van der Waals surface area contributed by atoms with Gasteiger partial charge in [-0.25, -0.2) is 4.98 Å². The molecule has 2 amide bonds. The van der Waals surface area contributed by atoms with Crippen molar-refractivity contribution in [3.63, 3.8) is 0 Å². The van der Waals surface area contributed by atoms with E-state index in [1.54, 1.807) is 24.3 Å². The molecule has 6 nitrogen and oxygen atoms in total. The third-order valence-electron chi connectivity index (χ3n) is 4.55. The number of carbonyl (C=O) groups excluding carboxylic acids is 2. The average molecular weight is 420 g/mol. The highest BCUT2D eigenvalue weighted by molar-refractivity contribution is 6.33. The summed E-state index contributed by atoms with van der Waals surface area (Å²) in [4.78, 5) is 29.5. The minimum atomic E-state index is -0.329. The van der Waals surface area contributed by atoms with Crippen molar-refractivity contribution in [2.45, 2.75) is 0 Å². The Morgan fingerprint density at radius 1 is 0.900 bits per heavy atom. The summed E-state index contributed by atoms with van der Waals surface area (Å²) in [5.74, 6) is -0.357. The molecular weight excluding hydrogens is 402 g/mol. The summed E-state index contributed by atoms with van der Waals surface area (Å²) in [5, 5.41) is 6.84. The minimum Gasteiger partial charge on any atom is -0.459 e. The number of fused-ring (bicyclic) bond motifs is 1. The highest BCUT2D eigenvalue weighted by Gasteiger charge is 2.15. The molecule has 2 aromatic carbocycles. The van der Waals surface area contributed by atoms with E-state index in [1.165, 1.54) is 6.26 Å². The molecule has 4 aromatic rings. The number of hydrogen-bond acceptors (Lipinski definition) is 4. The molecule has 0 aliphatic carbocycles. The number of furan rings is 1. The molecular formula is C23H18ClN3O3. The number of carbonyl (C=O) groups is 2. The van der Waals surface area contributed by atoms with Gasteiger partial charge in [-0.3, -0.25) is 9.59 Å². The molecule has 0 unspecified atom stereocenters. The van der Waals surface area contributed by atoms with Gasteiger partial charge in [0.25, 0.3) is 11.8 Å². The lowest BCUT2D eigenvalue weighted by molar-refractivity contribution is 0.0911. The summed E-state index contributed by atoms with van der Waals surface area (Å²) in [6, 6.07) is 19.8. The van der Waals surface area contributed by atoms with Gasteiger partial charge in [-0.1, -0.05) is 48.0 Å². The van der Waals surface area contributed by atoms with Gasteiger partial charge in [0, 0.05) is 29.1 Å². The molecule has 150 valence electrons. The van der Waals surface area contributed by atoms with Crippen LogP contribution in [0, 0.1) is 0 Å². The van der Waals surface area contributed by atoms with Crippen LogP contribution in [-0.4, -0.2) is 29.9 Å². The van der Waals surface area contributed by atoms with Gasteiger partial charge in [-0.05, 0) is 30.3 Å². The molecule has 30 heavy (non-hydrogen) atoms. The van der Waals surface area contributed by atoms with E-state index in [0.29, 0.717) is 21.8 Å². The van der Waals surface area contributed by atoms with Crippen molar-refractivity contribution >= 4 is 34.3 Å².